The summed E-state index contributed by atoms with van der Waals surface area (Å²) in [5.41, 5.74) is 2.21. The number of amides is 1. The van der Waals surface area contributed by atoms with E-state index in [2.05, 4.69) is 19.7 Å². The predicted octanol–water partition coefficient (Wildman–Crippen LogP) is 4.35. The second-order valence-corrected chi connectivity index (χ2v) is 9.67. The van der Waals surface area contributed by atoms with Gasteiger partial charge in [0, 0.05) is 26.6 Å². The molecule has 0 saturated heterocycles. The van der Waals surface area contributed by atoms with Crippen LogP contribution in [0.4, 0.5) is 5.69 Å². The van der Waals surface area contributed by atoms with Crippen LogP contribution in [0, 0.1) is 13.8 Å². The highest BCUT2D eigenvalue weighted by Gasteiger charge is 2.17. The van der Waals surface area contributed by atoms with E-state index in [0.717, 1.165) is 33.3 Å². The van der Waals surface area contributed by atoms with Crippen LogP contribution in [0.3, 0.4) is 0 Å². The molecule has 1 heterocycles. The molecule has 0 radical (unpaired) electrons. The topological polar surface area (TPSA) is 135 Å². The maximum absolute atomic E-state index is 12.6. The van der Waals surface area contributed by atoms with Crippen LogP contribution in [0.15, 0.2) is 52.3 Å². The van der Waals surface area contributed by atoms with Crippen molar-refractivity contribution in [2.45, 2.75) is 23.6 Å². The van der Waals surface area contributed by atoms with E-state index < -0.39 is 20.9 Å². The van der Waals surface area contributed by atoms with E-state index in [1.54, 1.807) is 23.5 Å². The lowest BCUT2D eigenvalue weighted by Crippen LogP contribution is -2.13. The highest BCUT2D eigenvalue weighted by molar-refractivity contribution is 7.94. The van der Waals surface area contributed by atoms with Crippen LogP contribution in [0.1, 0.15) is 20.2 Å². The lowest BCUT2D eigenvalue weighted by atomic mass is 10.1. The van der Waals surface area contributed by atoms with Crippen molar-refractivity contribution in [2.75, 3.05) is 5.32 Å². The number of thiazole rings is 1. The van der Waals surface area contributed by atoms with Gasteiger partial charge in [0.1, 0.15) is 0 Å². The second-order valence-electron chi connectivity index (χ2n) is 6.06. The number of nitrogens with zero attached hydrogens (tertiary/aromatic N) is 1. The molecule has 0 spiro atoms. The Balaban J connectivity index is 1.83. The molecule has 9 nitrogen and oxygen atoms in total. The van der Waals surface area contributed by atoms with E-state index in [1.165, 1.54) is 6.07 Å². The number of carbonyl (C=O) groups is 1. The fourth-order valence-corrected chi connectivity index (χ4v) is 4.59. The van der Waals surface area contributed by atoms with Gasteiger partial charge in [-0.3, -0.25) is 9.35 Å². The Hall–Kier alpha value is -2.32. The number of aromatic nitrogens is 1. The number of rotatable bonds is 7. The van der Waals surface area contributed by atoms with Gasteiger partial charge in [-0.05, 0) is 44.2 Å². The molecule has 3 rings (SSSR count). The van der Waals surface area contributed by atoms with Crippen molar-refractivity contribution in [2.24, 2.45) is 0 Å². The quantitative estimate of drug-likeness (QED) is 0.200. The molecule has 1 amide bonds. The van der Waals surface area contributed by atoms with E-state index in [-0.39, 0.29) is 10.5 Å². The molecule has 1 aromatic heterocycles. The van der Waals surface area contributed by atoms with E-state index >= 15 is 0 Å². The van der Waals surface area contributed by atoms with Crippen molar-refractivity contribution in [3.05, 3.63) is 57.9 Å². The first-order valence-electron chi connectivity index (χ1n) is 8.30. The van der Waals surface area contributed by atoms with Gasteiger partial charge in [-0.15, -0.1) is 15.7 Å². The third kappa shape index (κ3) is 5.43. The van der Waals surface area contributed by atoms with Gasteiger partial charge in [0.05, 0.1) is 27.6 Å². The summed E-state index contributed by atoms with van der Waals surface area (Å²) in [4.78, 5) is 17.8. The minimum absolute atomic E-state index is 0.0517. The summed E-state index contributed by atoms with van der Waals surface area (Å²) < 4.78 is 36.5. The molecule has 0 unspecified atom stereocenters. The van der Waals surface area contributed by atoms with Crippen molar-refractivity contribution >= 4 is 45.1 Å². The highest BCUT2D eigenvalue weighted by atomic mass is 32.2. The Morgan fingerprint density at radius 2 is 1.87 bits per heavy atom. The fourth-order valence-electron chi connectivity index (χ4n) is 2.67. The molecule has 158 valence electrons. The molecule has 0 aliphatic carbocycles. The number of aryl methyl sites for hydroxylation is 2. The third-order valence-corrected chi connectivity index (χ3v) is 6.20. The number of hydrogen-bond acceptors (Lipinski definition) is 9. The molecule has 0 aliphatic rings. The zero-order valence-electron chi connectivity index (χ0n) is 15.6. The summed E-state index contributed by atoms with van der Waals surface area (Å²) in [6.45, 7) is 3.92. The lowest BCUT2D eigenvalue weighted by Gasteiger charge is -2.09. The van der Waals surface area contributed by atoms with Gasteiger partial charge in [-0.2, -0.15) is 8.42 Å². The van der Waals surface area contributed by atoms with Crippen molar-refractivity contribution in [1.29, 1.82) is 0 Å². The molecule has 30 heavy (non-hydrogen) atoms. The number of hydrogen-bond donors (Lipinski definition) is 3. The Bertz CT molecular complexity index is 1170. The smallest absolute Gasteiger partial charge is 0.294 e. The molecule has 0 aliphatic heterocycles. The van der Waals surface area contributed by atoms with Crippen LogP contribution in [0.2, 0.25) is 0 Å². The Morgan fingerprint density at radius 1 is 1.17 bits per heavy atom. The van der Waals surface area contributed by atoms with Gasteiger partial charge >= 0.3 is 0 Å². The van der Waals surface area contributed by atoms with Crippen molar-refractivity contribution in [3.8, 4) is 11.3 Å². The molecule has 0 saturated carbocycles. The van der Waals surface area contributed by atoms with Gasteiger partial charge in [-0.25, -0.2) is 10.2 Å². The molecule has 3 aromatic rings. The van der Waals surface area contributed by atoms with Crippen molar-refractivity contribution in [1.82, 2.24) is 4.98 Å². The van der Waals surface area contributed by atoms with Crippen LogP contribution in [0.25, 0.3) is 11.3 Å². The van der Waals surface area contributed by atoms with Gasteiger partial charge in [-0.1, -0.05) is 17.2 Å². The fraction of sp³-hybridized carbons (Fsp3) is 0.111. The highest BCUT2D eigenvalue weighted by Crippen LogP contribution is 2.29. The summed E-state index contributed by atoms with van der Waals surface area (Å²) in [6, 6.07) is 10.4. The summed E-state index contributed by atoms with van der Waals surface area (Å²) >= 11 is 2.06. The van der Waals surface area contributed by atoms with Crippen LogP contribution >= 0.6 is 23.4 Å². The van der Waals surface area contributed by atoms with E-state index in [4.69, 9.17) is 5.26 Å². The first-order chi connectivity index (χ1) is 14.2. The molecular weight excluding hydrogens is 452 g/mol. The molecule has 2 aromatic carbocycles. The zero-order valence-corrected chi connectivity index (χ0v) is 18.1. The van der Waals surface area contributed by atoms with E-state index in [1.807, 2.05) is 26.0 Å². The summed E-state index contributed by atoms with van der Waals surface area (Å²) in [5, 5.41) is 15.3. The molecule has 12 heteroatoms. The Morgan fingerprint density at radius 3 is 2.43 bits per heavy atom. The predicted molar refractivity (Wildman–Crippen MR) is 112 cm³/mol. The average molecular weight is 469 g/mol. The Kier molecular flexibility index (Phi) is 6.88. The molecule has 0 fully saturated rings. The minimum atomic E-state index is -4.58. The second kappa shape index (κ2) is 9.22. The SMILES string of the molecule is Cc1nc(-c2ccc(NC(=O)c3cc(SOOO)cc(S(=O)(=O)O)c3)cc2)c(C)s1. The first kappa shape index (κ1) is 22.4. The molecule has 0 atom stereocenters. The summed E-state index contributed by atoms with van der Waals surface area (Å²) in [6.07, 6.45) is 0. The first-order valence-corrected chi connectivity index (χ1v) is 11.3. The number of anilines is 1. The van der Waals surface area contributed by atoms with Gasteiger partial charge < -0.3 is 5.32 Å². The molecular formula is C18H16N2O7S3. The summed E-state index contributed by atoms with van der Waals surface area (Å²) in [7, 11) is -4.58. The van der Waals surface area contributed by atoms with Crippen LogP contribution in [-0.2, 0) is 19.5 Å². The standard InChI is InChI=1S/C18H16N2O7S3/c1-10-17(19-11(2)28-10)12-3-5-14(6-4-12)20-18(21)13-7-15(29-27-26-22)9-16(8-13)30(23,24)25/h3-9,22H,1-2H3,(H,20,21)(H,23,24,25). The van der Waals surface area contributed by atoms with Crippen LogP contribution < -0.4 is 5.32 Å². The normalized spacial score (nSPS) is 11.5. The van der Waals surface area contributed by atoms with Gasteiger partial charge in [0.2, 0.25) is 0 Å². The maximum atomic E-state index is 12.6. The number of carbonyl (C=O) groups excluding carboxylic acids is 1. The largest absolute Gasteiger partial charge is 0.322 e. The molecule has 0 bridgehead atoms. The third-order valence-electron chi connectivity index (χ3n) is 3.92. The summed E-state index contributed by atoms with van der Waals surface area (Å²) in [5.74, 6) is -0.610. The Labute approximate surface area is 180 Å². The maximum Gasteiger partial charge on any atom is 0.294 e. The average Bonchev–Trinajstić information content (AvgIpc) is 3.04. The minimum Gasteiger partial charge on any atom is -0.322 e. The number of benzene rings is 2. The monoisotopic (exact) mass is 468 g/mol. The van der Waals surface area contributed by atoms with Crippen LogP contribution in [0.5, 0.6) is 0 Å². The van der Waals surface area contributed by atoms with E-state index in [0.29, 0.717) is 17.7 Å². The van der Waals surface area contributed by atoms with Crippen LogP contribution in [-0.4, -0.2) is 29.1 Å². The van der Waals surface area contributed by atoms with Gasteiger partial charge in [0.25, 0.3) is 16.0 Å². The van der Waals surface area contributed by atoms with Crippen molar-refractivity contribution in [3.63, 3.8) is 0 Å². The molecule has 3 N–H and O–H groups in total. The van der Waals surface area contributed by atoms with Crippen molar-refractivity contribution < 1.29 is 32.4 Å². The number of nitrogens with one attached hydrogen (secondary N) is 1. The van der Waals surface area contributed by atoms with Gasteiger partial charge in [0.15, 0.2) is 0 Å². The zero-order chi connectivity index (χ0) is 21.9. The van der Waals surface area contributed by atoms with E-state index in [9.17, 15) is 17.8 Å². The lowest BCUT2D eigenvalue weighted by molar-refractivity contribution is -0.432.